The highest BCUT2D eigenvalue weighted by atomic mass is 32.1. The van der Waals surface area contributed by atoms with Crippen LogP contribution in [-0.4, -0.2) is 28.4 Å². The summed E-state index contributed by atoms with van der Waals surface area (Å²) in [4.78, 5) is 38.2. The van der Waals surface area contributed by atoms with Gasteiger partial charge in [-0.3, -0.25) is 20.2 Å². The van der Waals surface area contributed by atoms with Crippen LogP contribution in [0.2, 0.25) is 0 Å². The van der Waals surface area contributed by atoms with Gasteiger partial charge in [0.2, 0.25) is 0 Å². The number of nitrogens with zero attached hydrogens (tertiary/aromatic N) is 2. The maximum absolute atomic E-state index is 12.2. The Kier molecular flexibility index (Phi) is 5.02. The van der Waals surface area contributed by atoms with Gasteiger partial charge in [0.05, 0.1) is 11.5 Å². The molecule has 23 heavy (non-hydrogen) atoms. The number of thiazole rings is 1. The molecule has 0 saturated heterocycles. The summed E-state index contributed by atoms with van der Waals surface area (Å²) >= 11 is 1.03. The van der Waals surface area contributed by atoms with E-state index in [2.05, 4.69) is 10.3 Å². The van der Waals surface area contributed by atoms with Gasteiger partial charge in [-0.25, -0.2) is 9.78 Å². The van der Waals surface area contributed by atoms with E-state index in [-0.39, 0.29) is 28.7 Å². The Bertz CT molecular complexity index is 772. The second-order valence-electron chi connectivity index (χ2n) is 4.44. The van der Waals surface area contributed by atoms with Gasteiger partial charge < -0.3 is 4.74 Å². The molecule has 0 unspecified atom stereocenters. The molecule has 9 heteroatoms. The molecule has 1 amide bonds. The number of anilines is 1. The van der Waals surface area contributed by atoms with Crippen LogP contribution in [0, 0.1) is 17.0 Å². The summed E-state index contributed by atoms with van der Waals surface area (Å²) < 4.78 is 4.80. The molecule has 2 rings (SSSR count). The van der Waals surface area contributed by atoms with E-state index >= 15 is 0 Å². The molecular formula is C14H13N3O5S. The predicted octanol–water partition coefficient (Wildman–Crippen LogP) is 2.79. The number of benzene rings is 1. The second-order valence-corrected chi connectivity index (χ2v) is 5.30. The lowest BCUT2D eigenvalue weighted by atomic mass is 10.1. The molecule has 0 saturated carbocycles. The average Bonchev–Trinajstić information content (AvgIpc) is 2.95. The van der Waals surface area contributed by atoms with Gasteiger partial charge in [0.15, 0.2) is 10.8 Å². The molecule has 0 radical (unpaired) electrons. The summed E-state index contributed by atoms with van der Waals surface area (Å²) in [5.74, 6) is -1.25. The van der Waals surface area contributed by atoms with Crippen molar-refractivity contribution < 1.29 is 19.2 Å². The third kappa shape index (κ3) is 3.69. The van der Waals surface area contributed by atoms with Gasteiger partial charge in [-0.05, 0) is 19.9 Å². The Morgan fingerprint density at radius 1 is 1.43 bits per heavy atom. The van der Waals surface area contributed by atoms with E-state index in [9.17, 15) is 19.7 Å². The summed E-state index contributed by atoms with van der Waals surface area (Å²) in [7, 11) is 0. The number of nitrogens with one attached hydrogen (secondary N) is 1. The number of esters is 1. The van der Waals surface area contributed by atoms with Crippen molar-refractivity contribution in [2.45, 2.75) is 13.8 Å². The van der Waals surface area contributed by atoms with Gasteiger partial charge in [0.25, 0.3) is 11.6 Å². The van der Waals surface area contributed by atoms with Gasteiger partial charge in [-0.1, -0.05) is 12.1 Å². The van der Waals surface area contributed by atoms with Crippen molar-refractivity contribution in [3.8, 4) is 0 Å². The monoisotopic (exact) mass is 335 g/mol. The molecule has 120 valence electrons. The standard InChI is InChI=1S/C14H13N3O5S/c1-3-22-13(19)10-7-23-14(15-10)16-12(18)9-6-4-5-8(2)11(9)17(20)21/h4-7H,3H2,1-2H3,(H,15,16,18). The lowest BCUT2D eigenvalue weighted by Crippen LogP contribution is -2.15. The van der Waals surface area contributed by atoms with Crippen LogP contribution in [0.5, 0.6) is 0 Å². The molecule has 0 aliphatic carbocycles. The Balaban J connectivity index is 2.22. The lowest BCUT2D eigenvalue weighted by Gasteiger charge is -2.04. The Hall–Kier alpha value is -2.81. The molecule has 0 aliphatic rings. The zero-order valence-corrected chi connectivity index (χ0v) is 13.2. The molecule has 1 N–H and O–H groups in total. The number of aromatic nitrogens is 1. The topological polar surface area (TPSA) is 111 Å². The predicted molar refractivity (Wildman–Crippen MR) is 83.9 cm³/mol. The maximum atomic E-state index is 12.2. The lowest BCUT2D eigenvalue weighted by molar-refractivity contribution is -0.385. The Morgan fingerprint density at radius 2 is 2.17 bits per heavy atom. The first-order chi connectivity index (χ1) is 10.9. The van der Waals surface area contributed by atoms with Gasteiger partial charge in [0.1, 0.15) is 5.56 Å². The third-order valence-corrected chi connectivity index (χ3v) is 3.63. The third-order valence-electron chi connectivity index (χ3n) is 2.87. The number of rotatable bonds is 5. The molecule has 0 aliphatic heterocycles. The first-order valence-corrected chi connectivity index (χ1v) is 7.50. The number of hydrogen-bond donors (Lipinski definition) is 1. The number of aryl methyl sites for hydroxylation is 1. The van der Waals surface area contributed by atoms with Crippen molar-refractivity contribution >= 4 is 34.0 Å². The normalized spacial score (nSPS) is 10.2. The van der Waals surface area contributed by atoms with Crippen LogP contribution in [0.25, 0.3) is 0 Å². The number of carbonyl (C=O) groups is 2. The van der Waals surface area contributed by atoms with E-state index in [1.165, 1.54) is 11.4 Å². The molecule has 8 nitrogen and oxygen atoms in total. The smallest absolute Gasteiger partial charge is 0.357 e. The Labute approximate surface area is 135 Å². The quantitative estimate of drug-likeness (QED) is 0.511. The summed E-state index contributed by atoms with van der Waals surface area (Å²) in [5.41, 5.74) is 0.134. The number of carbonyl (C=O) groups excluding carboxylic acids is 2. The van der Waals surface area contributed by atoms with Crippen LogP contribution in [0.4, 0.5) is 10.8 Å². The zero-order chi connectivity index (χ0) is 17.0. The molecule has 0 atom stereocenters. The first kappa shape index (κ1) is 16.6. The highest BCUT2D eigenvalue weighted by Gasteiger charge is 2.23. The Morgan fingerprint density at radius 3 is 2.83 bits per heavy atom. The molecule has 0 bridgehead atoms. The van der Waals surface area contributed by atoms with E-state index in [4.69, 9.17) is 4.74 Å². The average molecular weight is 335 g/mol. The second kappa shape index (κ2) is 6.97. The van der Waals surface area contributed by atoms with E-state index in [0.29, 0.717) is 5.56 Å². The van der Waals surface area contributed by atoms with Crippen molar-refractivity contribution in [3.63, 3.8) is 0 Å². The van der Waals surface area contributed by atoms with E-state index < -0.39 is 16.8 Å². The molecule has 1 aromatic carbocycles. The number of hydrogen-bond acceptors (Lipinski definition) is 7. The maximum Gasteiger partial charge on any atom is 0.357 e. The van der Waals surface area contributed by atoms with Gasteiger partial charge in [0, 0.05) is 10.9 Å². The van der Waals surface area contributed by atoms with Crippen molar-refractivity contribution in [3.05, 3.63) is 50.5 Å². The highest BCUT2D eigenvalue weighted by Crippen LogP contribution is 2.25. The fourth-order valence-electron chi connectivity index (χ4n) is 1.88. The molecular weight excluding hydrogens is 322 g/mol. The van der Waals surface area contributed by atoms with Crippen LogP contribution in [0.15, 0.2) is 23.6 Å². The van der Waals surface area contributed by atoms with Crippen LogP contribution < -0.4 is 5.32 Å². The van der Waals surface area contributed by atoms with Crippen LogP contribution in [0.3, 0.4) is 0 Å². The van der Waals surface area contributed by atoms with Crippen molar-refractivity contribution in [1.29, 1.82) is 0 Å². The number of nitro groups is 1. The fraction of sp³-hybridized carbons (Fsp3) is 0.214. The van der Waals surface area contributed by atoms with Gasteiger partial charge in [-0.15, -0.1) is 11.3 Å². The van der Waals surface area contributed by atoms with Gasteiger partial charge in [-0.2, -0.15) is 0 Å². The van der Waals surface area contributed by atoms with Gasteiger partial charge >= 0.3 is 5.97 Å². The fourth-order valence-corrected chi connectivity index (χ4v) is 2.55. The number of amides is 1. The SMILES string of the molecule is CCOC(=O)c1csc(NC(=O)c2cccc(C)c2[N+](=O)[O-])n1. The summed E-state index contributed by atoms with van der Waals surface area (Å²) in [5, 5.41) is 15.2. The van der Waals surface area contributed by atoms with Crippen LogP contribution in [0.1, 0.15) is 33.3 Å². The van der Waals surface area contributed by atoms with Crippen molar-refractivity contribution in [1.82, 2.24) is 4.98 Å². The molecule has 0 fully saturated rings. The minimum Gasteiger partial charge on any atom is -0.461 e. The van der Waals surface area contributed by atoms with Crippen LogP contribution in [-0.2, 0) is 4.74 Å². The van der Waals surface area contributed by atoms with E-state index in [0.717, 1.165) is 11.3 Å². The molecule has 1 aromatic heterocycles. The van der Waals surface area contributed by atoms with E-state index in [1.807, 2.05) is 0 Å². The van der Waals surface area contributed by atoms with E-state index in [1.54, 1.807) is 26.0 Å². The number of para-hydroxylation sites is 1. The summed E-state index contributed by atoms with van der Waals surface area (Å²) in [6.45, 7) is 3.44. The minimum absolute atomic E-state index is 0.0668. The van der Waals surface area contributed by atoms with Crippen molar-refractivity contribution in [2.24, 2.45) is 0 Å². The largest absolute Gasteiger partial charge is 0.461 e. The molecule has 2 aromatic rings. The molecule has 0 spiro atoms. The zero-order valence-electron chi connectivity index (χ0n) is 12.4. The summed E-state index contributed by atoms with van der Waals surface area (Å²) in [6.07, 6.45) is 0. The number of nitro benzene ring substituents is 1. The minimum atomic E-state index is -0.662. The molecule has 1 heterocycles. The highest BCUT2D eigenvalue weighted by molar-refractivity contribution is 7.14. The first-order valence-electron chi connectivity index (χ1n) is 6.62. The number of ether oxygens (including phenoxy) is 1. The van der Waals surface area contributed by atoms with Crippen LogP contribution >= 0.6 is 11.3 Å². The summed E-state index contributed by atoms with van der Waals surface area (Å²) in [6, 6.07) is 4.47. The van der Waals surface area contributed by atoms with Crippen molar-refractivity contribution in [2.75, 3.05) is 11.9 Å².